The van der Waals surface area contributed by atoms with Crippen molar-refractivity contribution in [2.45, 2.75) is 135 Å². The predicted molar refractivity (Wildman–Crippen MR) is 221 cm³/mol. The van der Waals surface area contributed by atoms with Crippen LogP contribution in [0.5, 0.6) is 0 Å². The van der Waals surface area contributed by atoms with E-state index in [4.69, 9.17) is 14.2 Å². The Hall–Kier alpha value is -3.27. The molecule has 0 spiro atoms. The number of methoxy groups -OCH3 is 1. The summed E-state index contributed by atoms with van der Waals surface area (Å²) in [6.45, 7) is 14.9. The van der Waals surface area contributed by atoms with Crippen LogP contribution in [0.25, 0.3) is 22.1 Å². The van der Waals surface area contributed by atoms with Gasteiger partial charge in [0.05, 0.1) is 30.0 Å². The SMILES string of the molecule is C.COC(=O)c1nn(COCC[Si](C)(C)C)c2ncnc(NC3CC[C@H](F)[C@H]3O)c12.C[Si](C)(C)CCOCn1nc(C(=O)O)c2c(NC3CC[C@H](F)[C@H]3O)ncnc21.[Na+].[OH-]. The maximum absolute atomic E-state index is 13.7. The number of aliphatic hydroxyl groups excluding tert-OH is 2. The van der Waals surface area contributed by atoms with Crippen molar-refractivity contribution in [3.05, 3.63) is 24.0 Å². The smallest absolute Gasteiger partial charge is 0.870 e. The molecule has 2 fully saturated rings. The van der Waals surface area contributed by atoms with E-state index in [9.17, 15) is 33.7 Å². The zero-order chi connectivity index (χ0) is 41.7. The molecule has 0 aromatic carbocycles. The van der Waals surface area contributed by atoms with E-state index >= 15 is 0 Å². The zero-order valence-electron chi connectivity index (χ0n) is 34.9. The number of carboxylic acid groups (broad SMARTS) is 1. The van der Waals surface area contributed by atoms with Gasteiger partial charge in [-0.15, -0.1) is 0 Å². The molecule has 0 radical (unpaired) electrons. The van der Waals surface area contributed by atoms with E-state index in [1.165, 1.54) is 29.1 Å². The number of carbonyl (C=O) groups excluding carboxylic acids is 1. The number of aromatic nitrogens is 8. The molecular weight excluding hydrogens is 834 g/mol. The maximum Gasteiger partial charge on any atom is 1.00 e. The predicted octanol–water partition coefficient (Wildman–Crippen LogP) is 1.77. The topological polar surface area (TPSA) is 264 Å². The van der Waals surface area contributed by atoms with Gasteiger partial charge in [0.2, 0.25) is 0 Å². The number of aromatic carboxylic acids is 1. The van der Waals surface area contributed by atoms with E-state index in [1.54, 1.807) is 0 Å². The van der Waals surface area contributed by atoms with Crippen LogP contribution >= 0.6 is 0 Å². The fraction of sp³-hybridized carbons (Fsp3) is 0.667. The van der Waals surface area contributed by atoms with Crippen LogP contribution < -0.4 is 40.2 Å². The first-order chi connectivity index (χ1) is 26.9. The Bertz CT molecular complexity index is 2020. The van der Waals surface area contributed by atoms with Crippen LogP contribution in [0.4, 0.5) is 20.4 Å². The third-order valence-corrected chi connectivity index (χ3v) is 13.2. The standard InChI is InChI=1S/C18H28FN5O4Si.C17H26FN5O4Si.CH4.Na.H2O/c1-27-18(26)14-13-16(22-12-6-5-11(19)15(12)25)20-9-21-17(13)24(23-14)10-28-7-8-29(2,3)4;1-28(2,3)7-6-27-9-23-16-12(13(22-23)17(25)26)15(19-8-20-16)21-11-5-4-10(18)14(11)24;;;/h9,11-12,15,25H,5-8,10H2,1-4H3,(H,20,21,22);8,10-11,14,24H,4-7,9H2,1-3H3,(H,25,26)(H,19,20,21);1H4;;1H2/q;;;+1;/p-1/t11-,12?,15+;10-,11?,14+;;;/m00.../s1. The van der Waals surface area contributed by atoms with Crippen molar-refractivity contribution in [3.63, 3.8) is 0 Å². The minimum absolute atomic E-state index is 0. The second-order valence-electron chi connectivity index (χ2n) is 16.7. The normalized spacial score (nSPS) is 21.3. The van der Waals surface area contributed by atoms with E-state index in [1.807, 2.05) is 0 Å². The van der Waals surface area contributed by atoms with Crippen LogP contribution in [0.1, 0.15) is 54.1 Å². The van der Waals surface area contributed by atoms with Crippen molar-refractivity contribution in [2.75, 3.05) is 31.0 Å². The van der Waals surface area contributed by atoms with Gasteiger partial charge in [0.1, 0.15) is 62.3 Å². The van der Waals surface area contributed by atoms with Crippen LogP contribution in [0.15, 0.2) is 12.7 Å². The molecule has 4 aromatic heterocycles. The summed E-state index contributed by atoms with van der Waals surface area (Å²) in [6.07, 6.45) is -0.905. The molecular formula is C36H59F2N10NaO9Si2. The molecule has 2 aliphatic rings. The Kier molecular flexibility index (Phi) is 20.0. The molecule has 4 heterocycles. The number of ether oxygens (including phenoxy) is 3. The number of fused-ring (bicyclic) bond motifs is 2. The largest absolute Gasteiger partial charge is 1.00 e. The number of rotatable bonds is 16. The Morgan fingerprint density at radius 3 is 1.50 bits per heavy atom. The quantitative estimate of drug-likeness (QED) is 0.0610. The Labute approximate surface area is 372 Å². The molecule has 2 unspecified atom stereocenters. The summed E-state index contributed by atoms with van der Waals surface area (Å²) >= 11 is 0. The van der Waals surface area contributed by atoms with Gasteiger partial charge in [0.25, 0.3) is 0 Å². The molecule has 4 aromatic rings. The van der Waals surface area contributed by atoms with Crippen LogP contribution in [-0.2, 0) is 27.7 Å². The van der Waals surface area contributed by atoms with Crippen molar-refractivity contribution in [1.82, 2.24) is 39.5 Å². The van der Waals surface area contributed by atoms with Gasteiger partial charge in [-0.1, -0.05) is 46.7 Å². The van der Waals surface area contributed by atoms with E-state index in [0.717, 1.165) is 12.1 Å². The number of carbonyl (C=O) groups is 2. The second-order valence-corrected chi connectivity index (χ2v) is 27.9. The Balaban J connectivity index is 0.000000394. The first-order valence-corrected chi connectivity index (χ1v) is 26.4. The first kappa shape index (κ1) is 52.9. The van der Waals surface area contributed by atoms with E-state index in [2.05, 4.69) is 80.0 Å². The molecule has 6 rings (SSSR count). The molecule has 6 atom stereocenters. The summed E-state index contributed by atoms with van der Waals surface area (Å²) in [5.41, 5.74) is 0.548. The van der Waals surface area contributed by atoms with Crippen molar-refractivity contribution < 1.29 is 82.9 Å². The van der Waals surface area contributed by atoms with E-state index in [-0.39, 0.29) is 91.4 Å². The molecule has 0 amide bonds. The van der Waals surface area contributed by atoms with Crippen molar-refractivity contribution in [1.29, 1.82) is 0 Å². The number of hydrogen-bond acceptors (Lipinski definition) is 16. The third kappa shape index (κ3) is 13.4. The van der Waals surface area contributed by atoms with Crippen LogP contribution in [0, 0.1) is 0 Å². The van der Waals surface area contributed by atoms with Gasteiger partial charge in [-0.2, -0.15) is 10.2 Å². The van der Waals surface area contributed by atoms with Gasteiger partial charge in [0.15, 0.2) is 22.7 Å². The summed E-state index contributed by atoms with van der Waals surface area (Å²) in [7, 11) is -1.20. The average molecular weight is 893 g/mol. The van der Waals surface area contributed by atoms with Gasteiger partial charge >= 0.3 is 41.5 Å². The first-order valence-electron chi connectivity index (χ1n) is 19.0. The summed E-state index contributed by atoms with van der Waals surface area (Å²) in [4.78, 5) is 40.7. The molecule has 0 bridgehead atoms. The molecule has 0 aliphatic heterocycles. The summed E-state index contributed by atoms with van der Waals surface area (Å²) in [5.74, 6) is -1.33. The molecule has 6 N–H and O–H groups in total. The van der Waals surface area contributed by atoms with Gasteiger partial charge in [-0.3, -0.25) is 0 Å². The fourth-order valence-electron chi connectivity index (χ4n) is 6.39. The Morgan fingerprint density at radius 1 is 0.750 bits per heavy atom. The van der Waals surface area contributed by atoms with Crippen molar-refractivity contribution >= 4 is 61.8 Å². The summed E-state index contributed by atoms with van der Waals surface area (Å²) < 4.78 is 46.4. The number of aliphatic hydroxyl groups is 2. The number of esters is 1. The number of carboxylic acids is 1. The van der Waals surface area contributed by atoms with Crippen LogP contribution in [0.3, 0.4) is 0 Å². The second kappa shape index (κ2) is 22.7. The van der Waals surface area contributed by atoms with E-state index < -0.39 is 64.7 Å². The van der Waals surface area contributed by atoms with Crippen LogP contribution in [-0.4, -0.2) is 145 Å². The molecule has 2 aliphatic carbocycles. The molecule has 19 nitrogen and oxygen atoms in total. The fourth-order valence-corrected chi connectivity index (χ4v) is 7.91. The van der Waals surface area contributed by atoms with Gasteiger partial charge < -0.3 is 45.6 Å². The molecule has 0 saturated heterocycles. The number of alkyl halides is 2. The number of nitrogens with one attached hydrogen (secondary N) is 2. The molecule has 2 saturated carbocycles. The van der Waals surface area contributed by atoms with Gasteiger partial charge in [-0.05, 0) is 37.8 Å². The van der Waals surface area contributed by atoms with Crippen molar-refractivity contribution in [3.8, 4) is 0 Å². The molecule has 330 valence electrons. The van der Waals surface area contributed by atoms with Gasteiger partial charge in [-0.25, -0.2) is 47.7 Å². The average Bonchev–Trinajstić information content (AvgIpc) is 3.90. The maximum atomic E-state index is 13.7. The number of anilines is 2. The van der Waals surface area contributed by atoms with E-state index in [0.29, 0.717) is 48.6 Å². The summed E-state index contributed by atoms with van der Waals surface area (Å²) in [6, 6.07) is 0.919. The van der Waals surface area contributed by atoms with Crippen LogP contribution in [0.2, 0.25) is 51.4 Å². The number of halogens is 2. The minimum atomic E-state index is -1.31. The van der Waals surface area contributed by atoms with Crippen molar-refractivity contribution in [2.24, 2.45) is 0 Å². The molecule has 24 heteroatoms. The zero-order valence-corrected chi connectivity index (χ0v) is 38.9. The Morgan fingerprint density at radius 2 is 1.15 bits per heavy atom. The number of hydrogen-bond donors (Lipinski definition) is 5. The number of nitrogens with zero attached hydrogens (tertiary/aromatic N) is 8. The molecule has 60 heavy (non-hydrogen) atoms. The summed E-state index contributed by atoms with van der Waals surface area (Å²) in [5, 5.41) is 44.5. The minimum Gasteiger partial charge on any atom is -0.870 e. The third-order valence-electron chi connectivity index (χ3n) is 9.78. The van der Waals surface area contributed by atoms with Gasteiger partial charge in [0, 0.05) is 29.4 Å². The monoisotopic (exact) mass is 892 g/mol.